The monoisotopic (exact) mass is 469 g/mol. The van der Waals surface area contributed by atoms with Crippen LogP contribution in [0, 0.1) is 0 Å². The van der Waals surface area contributed by atoms with Gasteiger partial charge < -0.3 is 14.8 Å². The maximum atomic E-state index is 13.0. The molecule has 0 atom stereocenters. The summed E-state index contributed by atoms with van der Waals surface area (Å²) in [6.07, 6.45) is 2.05. The molecule has 1 aromatic heterocycles. The van der Waals surface area contributed by atoms with Crippen LogP contribution in [0.1, 0.15) is 35.9 Å². The fraction of sp³-hybridized carbons (Fsp3) is 0.348. The van der Waals surface area contributed by atoms with Crippen LogP contribution >= 0.6 is 0 Å². The first kappa shape index (κ1) is 22.9. The van der Waals surface area contributed by atoms with Crippen molar-refractivity contribution in [1.29, 1.82) is 0 Å². The van der Waals surface area contributed by atoms with Crippen molar-refractivity contribution < 1.29 is 18.0 Å². The Hall–Kier alpha value is -3.24. The highest BCUT2D eigenvalue weighted by atomic mass is 32.2. The first-order chi connectivity index (χ1) is 15.7. The lowest BCUT2D eigenvalue weighted by atomic mass is 10.2. The molecule has 174 valence electrons. The van der Waals surface area contributed by atoms with Crippen LogP contribution in [0.2, 0.25) is 0 Å². The van der Waals surface area contributed by atoms with Crippen LogP contribution in [-0.4, -0.2) is 59.1 Å². The minimum Gasteiger partial charge on any atom is -0.339 e. The summed E-state index contributed by atoms with van der Waals surface area (Å²) >= 11 is 0. The Morgan fingerprint density at radius 1 is 1.09 bits per heavy atom. The number of carbonyl (C=O) groups excluding carboxylic acids is 2. The summed E-state index contributed by atoms with van der Waals surface area (Å²) in [7, 11) is -0.435. The highest BCUT2D eigenvalue weighted by molar-refractivity contribution is 7.89. The van der Waals surface area contributed by atoms with Gasteiger partial charge in [0.1, 0.15) is 5.82 Å². The second kappa shape index (κ2) is 8.95. The van der Waals surface area contributed by atoms with Crippen LogP contribution in [0.15, 0.2) is 47.4 Å². The number of carbonyl (C=O) groups is 2. The number of aromatic nitrogens is 2. The lowest BCUT2D eigenvalue weighted by molar-refractivity contribution is -0.114. The van der Waals surface area contributed by atoms with Gasteiger partial charge in [-0.2, -0.15) is 4.31 Å². The van der Waals surface area contributed by atoms with Gasteiger partial charge in [0.25, 0.3) is 5.91 Å². The summed E-state index contributed by atoms with van der Waals surface area (Å²) in [6, 6.07) is 11.4. The fourth-order valence-electron chi connectivity index (χ4n) is 4.00. The topological polar surface area (TPSA) is 105 Å². The molecule has 0 spiro atoms. The summed E-state index contributed by atoms with van der Waals surface area (Å²) in [5, 5.41) is 2.62. The summed E-state index contributed by atoms with van der Waals surface area (Å²) in [6.45, 7) is 3.01. The van der Waals surface area contributed by atoms with E-state index in [4.69, 9.17) is 0 Å². The van der Waals surface area contributed by atoms with E-state index >= 15 is 0 Å². The molecule has 10 heteroatoms. The first-order valence-electron chi connectivity index (χ1n) is 10.8. The molecule has 0 bridgehead atoms. The van der Waals surface area contributed by atoms with Crippen molar-refractivity contribution in [2.45, 2.75) is 31.2 Å². The highest BCUT2D eigenvalue weighted by Crippen LogP contribution is 2.23. The molecule has 2 heterocycles. The molecular weight excluding hydrogens is 442 g/mol. The number of benzene rings is 2. The van der Waals surface area contributed by atoms with Crippen molar-refractivity contribution in [3.63, 3.8) is 0 Å². The number of hydrogen-bond acceptors (Lipinski definition) is 5. The number of anilines is 1. The maximum Gasteiger partial charge on any atom is 0.253 e. The molecule has 1 N–H and O–H groups in total. The van der Waals surface area contributed by atoms with Gasteiger partial charge in [-0.1, -0.05) is 0 Å². The third kappa shape index (κ3) is 4.62. The molecule has 1 aliphatic rings. The molecule has 1 saturated heterocycles. The molecule has 1 fully saturated rings. The summed E-state index contributed by atoms with van der Waals surface area (Å²) in [4.78, 5) is 30.5. The zero-order chi connectivity index (χ0) is 23.8. The lowest BCUT2D eigenvalue weighted by Gasteiger charge is -2.17. The van der Waals surface area contributed by atoms with E-state index in [9.17, 15) is 18.0 Å². The van der Waals surface area contributed by atoms with Crippen molar-refractivity contribution in [1.82, 2.24) is 18.8 Å². The number of nitrogens with zero attached hydrogens (tertiary/aromatic N) is 4. The van der Waals surface area contributed by atoms with Gasteiger partial charge in [0, 0.05) is 45.4 Å². The molecule has 0 radical (unpaired) electrons. The van der Waals surface area contributed by atoms with Gasteiger partial charge in [0.15, 0.2) is 0 Å². The average molecular weight is 470 g/mol. The number of amides is 2. The van der Waals surface area contributed by atoms with Crippen molar-refractivity contribution in [3.8, 4) is 0 Å². The third-order valence-corrected chi connectivity index (χ3v) is 7.68. The van der Waals surface area contributed by atoms with E-state index in [-0.39, 0.29) is 23.3 Å². The number of nitrogens with one attached hydrogen (secondary N) is 1. The fourth-order valence-corrected chi connectivity index (χ4v) is 5.13. The Morgan fingerprint density at radius 2 is 1.76 bits per heavy atom. The molecule has 2 aromatic carbocycles. The van der Waals surface area contributed by atoms with Gasteiger partial charge in [0.2, 0.25) is 15.9 Å². The van der Waals surface area contributed by atoms with Crippen molar-refractivity contribution in [3.05, 3.63) is 53.9 Å². The summed E-state index contributed by atoms with van der Waals surface area (Å²) in [5.74, 6) is 0.343. The Labute approximate surface area is 193 Å². The summed E-state index contributed by atoms with van der Waals surface area (Å²) in [5.41, 5.74) is 2.60. The molecule has 0 saturated carbocycles. The number of imidazole rings is 1. The molecule has 9 nitrogen and oxygen atoms in total. The Bertz CT molecular complexity index is 1310. The second-order valence-electron chi connectivity index (χ2n) is 8.26. The second-order valence-corrected chi connectivity index (χ2v) is 10.3. The third-order valence-electron chi connectivity index (χ3n) is 5.86. The molecule has 0 aliphatic carbocycles. The van der Waals surface area contributed by atoms with Crippen LogP contribution in [0.4, 0.5) is 5.69 Å². The standard InChI is InChI=1S/C23H27N5O4S/c1-16(29)24-18-7-9-19(10-8-18)33(31,32)26(2)15-22-25-20-14-17(6-11-21(20)27(22)3)23(30)28-12-4-5-13-28/h6-11,14H,4-5,12-13,15H2,1-3H3,(H,24,29). The van der Waals surface area contributed by atoms with Crippen molar-refractivity contribution in [2.75, 3.05) is 25.5 Å². The molecule has 0 unspecified atom stereocenters. The largest absolute Gasteiger partial charge is 0.339 e. The number of fused-ring (bicyclic) bond motifs is 1. The van der Waals surface area contributed by atoms with Crippen molar-refractivity contribution in [2.24, 2.45) is 7.05 Å². The molecule has 2 amide bonds. The molecule has 33 heavy (non-hydrogen) atoms. The van der Waals surface area contributed by atoms with E-state index < -0.39 is 10.0 Å². The smallest absolute Gasteiger partial charge is 0.253 e. The zero-order valence-corrected chi connectivity index (χ0v) is 19.7. The van der Waals surface area contributed by atoms with Crippen LogP contribution in [0.25, 0.3) is 11.0 Å². The number of sulfonamides is 1. The quantitative estimate of drug-likeness (QED) is 0.598. The summed E-state index contributed by atoms with van der Waals surface area (Å²) < 4.78 is 29.1. The molecule has 1 aliphatic heterocycles. The molecule has 4 rings (SSSR count). The first-order valence-corrected chi connectivity index (χ1v) is 12.2. The van der Waals surface area contributed by atoms with Crippen molar-refractivity contribution >= 4 is 38.6 Å². The maximum absolute atomic E-state index is 13.0. The van der Waals surface area contributed by atoms with Crippen LogP contribution in [-0.2, 0) is 28.4 Å². The Morgan fingerprint density at radius 3 is 2.39 bits per heavy atom. The van der Waals surface area contributed by atoms with Crippen LogP contribution < -0.4 is 5.32 Å². The van der Waals surface area contributed by atoms with E-state index in [0.717, 1.165) is 31.4 Å². The van der Waals surface area contributed by atoms with Crippen LogP contribution in [0.5, 0.6) is 0 Å². The predicted octanol–water partition coefficient (Wildman–Crippen LogP) is 2.59. The van der Waals surface area contributed by atoms with Gasteiger partial charge in [-0.15, -0.1) is 0 Å². The molecule has 3 aromatic rings. The SMILES string of the molecule is CC(=O)Nc1ccc(S(=O)(=O)N(C)Cc2nc3cc(C(=O)N4CCCC4)ccc3n2C)cc1. The minimum absolute atomic E-state index is 0.00371. The average Bonchev–Trinajstić information content (AvgIpc) is 3.42. The van der Waals surface area contributed by atoms with E-state index in [1.54, 1.807) is 24.3 Å². The zero-order valence-electron chi connectivity index (χ0n) is 18.9. The van der Waals surface area contributed by atoms with Gasteiger partial charge in [-0.3, -0.25) is 9.59 Å². The predicted molar refractivity (Wildman–Crippen MR) is 125 cm³/mol. The number of rotatable bonds is 6. The number of aryl methyl sites for hydroxylation is 1. The number of likely N-dealkylation sites (tertiary alicyclic amines) is 1. The minimum atomic E-state index is -3.76. The van der Waals surface area contributed by atoms with Gasteiger partial charge in [-0.25, -0.2) is 13.4 Å². The molecular formula is C23H27N5O4S. The van der Waals surface area contributed by atoms with E-state index in [2.05, 4.69) is 10.3 Å². The Kier molecular flexibility index (Phi) is 6.22. The van der Waals surface area contributed by atoms with Crippen LogP contribution in [0.3, 0.4) is 0 Å². The lowest BCUT2D eigenvalue weighted by Crippen LogP contribution is -2.27. The normalized spacial score (nSPS) is 14.2. The Balaban J connectivity index is 1.55. The van der Waals surface area contributed by atoms with E-state index in [1.807, 2.05) is 22.6 Å². The highest BCUT2D eigenvalue weighted by Gasteiger charge is 2.24. The number of hydrogen-bond donors (Lipinski definition) is 1. The van der Waals surface area contributed by atoms with Gasteiger partial charge >= 0.3 is 0 Å². The van der Waals surface area contributed by atoms with E-state index in [0.29, 0.717) is 22.6 Å². The van der Waals surface area contributed by atoms with Gasteiger partial charge in [-0.05, 0) is 55.3 Å². The van der Waals surface area contributed by atoms with E-state index in [1.165, 1.54) is 30.4 Å². The van der Waals surface area contributed by atoms with Gasteiger partial charge in [0.05, 0.1) is 22.5 Å².